The third kappa shape index (κ3) is 3.46. The second-order valence-corrected chi connectivity index (χ2v) is 5.07. The summed E-state index contributed by atoms with van der Waals surface area (Å²) in [6, 6.07) is 5.41. The van der Waals surface area contributed by atoms with Gasteiger partial charge in [0.15, 0.2) is 0 Å². The molecule has 0 atom stereocenters. The topological polar surface area (TPSA) is 58.2 Å². The van der Waals surface area contributed by atoms with E-state index in [1.807, 2.05) is 0 Å². The number of amides is 2. The molecule has 1 saturated heterocycles. The van der Waals surface area contributed by atoms with Gasteiger partial charge in [-0.25, -0.2) is 4.39 Å². The lowest BCUT2D eigenvalue weighted by Crippen LogP contribution is -2.47. The summed E-state index contributed by atoms with van der Waals surface area (Å²) < 4.78 is 12.7. The summed E-state index contributed by atoms with van der Waals surface area (Å²) in [5.41, 5.74) is 0.336. The number of hydrogen-bond acceptors (Lipinski definition) is 3. The molecule has 0 radical (unpaired) electrons. The lowest BCUT2D eigenvalue weighted by Gasteiger charge is -2.25. The van der Waals surface area contributed by atoms with E-state index >= 15 is 0 Å². The molecular formula is C12H13FN2O2S. The van der Waals surface area contributed by atoms with Gasteiger partial charge in [-0.2, -0.15) is 11.8 Å². The van der Waals surface area contributed by atoms with Crippen molar-refractivity contribution >= 4 is 23.6 Å². The maximum atomic E-state index is 12.7. The number of thioether (sulfide) groups is 1. The summed E-state index contributed by atoms with van der Waals surface area (Å²) in [5.74, 6) is 0.880. The molecule has 1 aromatic carbocycles. The van der Waals surface area contributed by atoms with Crippen molar-refractivity contribution in [2.24, 2.45) is 0 Å². The summed E-state index contributed by atoms with van der Waals surface area (Å²) >= 11 is 1.77. The van der Waals surface area contributed by atoms with Crippen LogP contribution in [0.15, 0.2) is 24.3 Å². The van der Waals surface area contributed by atoms with Gasteiger partial charge in [0, 0.05) is 23.1 Å². The van der Waals surface area contributed by atoms with E-state index in [0.29, 0.717) is 5.56 Å². The molecular weight excluding hydrogens is 255 g/mol. The van der Waals surface area contributed by atoms with Crippen molar-refractivity contribution in [2.45, 2.75) is 6.04 Å². The zero-order valence-electron chi connectivity index (χ0n) is 9.61. The van der Waals surface area contributed by atoms with E-state index in [-0.39, 0.29) is 24.4 Å². The average molecular weight is 268 g/mol. The van der Waals surface area contributed by atoms with Crippen LogP contribution in [0, 0.1) is 5.82 Å². The van der Waals surface area contributed by atoms with Crippen LogP contribution in [-0.4, -0.2) is 35.9 Å². The number of halogens is 1. The van der Waals surface area contributed by atoms with Crippen LogP contribution in [0.25, 0.3) is 0 Å². The molecule has 2 rings (SSSR count). The highest BCUT2D eigenvalue weighted by Gasteiger charge is 2.20. The van der Waals surface area contributed by atoms with Gasteiger partial charge in [0.2, 0.25) is 5.91 Å². The van der Waals surface area contributed by atoms with E-state index in [0.717, 1.165) is 11.5 Å². The summed E-state index contributed by atoms with van der Waals surface area (Å²) in [5, 5.41) is 5.29. The first-order valence-electron chi connectivity index (χ1n) is 5.56. The highest BCUT2D eigenvalue weighted by atomic mass is 32.2. The van der Waals surface area contributed by atoms with Crippen LogP contribution < -0.4 is 10.6 Å². The zero-order valence-corrected chi connectivity index (χ0v) is 10.4. The molecule has 6 heteroatoms. The third-order valence-electron chi connectivity index (χ3n) is 2.52. The number of rotatable bonds is 4. The second kappa shape index (κ2) is 5.86. The Kier molecular flexibility index (Phi) is 4.19. The predicted octanol–water partition coefficient (Wildman–Crippen LogP) is 0.787. The molecule has 0 aromatic heterocycles. The first-order valence-corrected chi connectivity index (χ1v) is 6.71. The number of benzene rings is 1. The molecule has 18 heavy (non-hydrogen) atoms. The summed E-state index contributed by atoms with van der Waals surface area (Å²) in [7, 11) is 0. The minimum atomic E-state index is -0.397. The number of carbonyl (C=O) groups excluding carboxylic acids is 2. The maximum Gasteiger partial charge on any atom is 0.251 e. The van der Waals surface area contributed by atoms with Crippen molar-refractivity contribution < 1.29 is 14.0 Å². The molecule has 0 bridgehead atoms. The molecule has 0 spiro atoms. The fourth-order valence-electron chi connectivity index (χ4n) is 1.46. The number of hydrogen-bond donors (Lipinski definition) is 2. The van der Waals surface area contributed by atoms with Gasteiger partial charge in [0.1, 0.15) is 5.82 Å². The number of nitrogens with one attached hydrogen (secondary N) is 2. The van der Waals surface area contributed by atoms with Gasteiger partial charge in [-0.05, 0) is 24.3 Å². The summed E-state index contributed by atoms with van der Waals surface area (Å²) in [4.78, 5) is 23.1. The average Bonchev–Trinajstić information content (AvgIpc) is 2.32. The lowest BCUT2D eigenvalue weighted by atomic mass is 10.2. The van der Waals surface area contributed by atoms with Crippen molar-refractivity contribution in [3.63, 3.8) is 0 Å². The maximum absolute atomic E-state index is 12.7. The quantitative estimate of drug-likeness (QED) is 0.848. The smallest absolute Gasteiger partial charge is 0.251 e. The Morgan fingerprint density at radius 3 is 2.50 bits per heavy atom. The van der Waals surface area contributed by atoms with Crippen molar-refractivity contribution in [3.8, 4) is 0 Å². The van der Waals surface area contributed by atoms with Crippen LogP contribution in [-0.2, 0) is 4.79 Å². The van der Waals surface area contributed by atoms with Crippen molar-refractivity contribution in [1.29, 1.82) is 0 Å². The van der Waals surface area contributed by atoms with E-state index in [9.17, 15) is 14.0 Å². The van der Waals surface area contributed by atoms with Gasteiger partial charge < -0.3 is 10.6 Å². The van der Waals surface area contributed by atoms with Gasteiger partial charge in [0.05, 0.1) is 6.54 Å². The molecule has 0 unspecified atom stereocenters. The van der Waals surface area contributed by atoms with Gasteiger partial charge in [-0.15, -0.1) is 0 Å². The Balaban J connectivity index is 1.76. The van der Waals surface area contributed by atoms with E-state index in [1.54, 1.807) is 11.8 Å². The molecule has 96 valence electrons. The molecule has 1 fully saturated rings. The molecule has 0 saturated carbocycles. The largest absolute Gasteiger partial charge is 0.350 e. The predicted molar refractivity (Wildman–Crippen MR) is 68.0 cm³/mol. The fraction of sp³-hybridized carbons (Fsp3) is 0.333. The normalized spacial score (nSPS) is 14.7. The molecule has 1 aliphatic heterocycles. The Morgan fingerprint density at radius 2 is 1.94 bits per heavy atom. The van der Waals surface area contributed by atoms with Crippen LogP contribution in [0.3, 0.4) is 0 Å². The first kappa shape index (κ1) is 12.9. The fourth-order valence-corrected chi connectivity index (χ4v) is 2.10. The Labute approximate surface area is 108 Å². The molecule has 2 N–H and O–H groups in total. The van der Waals surface area contributed by atoms with E-state index in [4.69, 9.17) is 0 Å². The third-order valence-corrected chi connectivity index (χ3v) is 3.80. The molecule has 4 nitrogen and oxygen atoms in total. The minimum Gasteiger partial charge on any atom is -0.350 e. The molecule has 1 heterocycles. The molecule has 1 aliphatic rings. The van der Waals surface area contributed by atoms with Crippen molar-refractivity contribution in [3.05, 3.63) is 35.6 Å². The van der Waals surface area contributed by atoms with Crippen LogP contribution in [0.1, 0.15) is 10.4 Å². The van der Waals surface area contributed by atoms with Gasteiger partial charge in [-0.3, -0.25) is 9.59 Å². The summed E-state index contributed by atoms with van der Waals surface area (Å²) in [6.07, 6.45) is 0. The highest BCUT2D eigenvalue weighted by molar-refractivity contribution is 8.00. The Bertz CT molecular complexity index is 446. The Morgan fingerprint density at radius 1 is 1.28 bits per heavy atom. The van der Waals surface area contributed by atoms with Crippen LogP contribution in [0.4, 0.5) is 4.39 Å². The minimum absolute atomic E-state index is 0.0582. The second-order valence-electron chi connectivity index (χ2n) is 3.99. The van der Waals surface area contributed by atoms with Crippen molar-refractivity contribution in [2.75, 3.05) is 18.1 Å². The lowest BCUT2D eigenvalue weighted by molar-refractivity contribution is -0.120. The van der Waals surface area contributed by atoms with Crippen molar-refractivity contribution in [1.82, 2.24) is 10.6 Å². The van der Waals surface area contributed by atoms with Crippen LogP contribution >= 0.6 is 11.8 Å². The summed E-state index contributed by atoms with van der Waals surface area (Å²) in [6.45, 7) is -0.0582. The molecule has 1 aromatic rings. The van der Waals surface area contributed by atoms with E-state index < -0.39 is 5.82 Å². The van der Waals surface area contributed by atoms with Crippen LogP contribution in [0.5, 0.6) is 0 Å². The van der Waals surface area contributed by atoms with Crippen LogP contribution in [0.2, 0.25) is 0 Å². The van der Waals surface area contributed by atoms with E-state index in [1.165, 1.54) is 24.3 Å². The van der Waals surface area contributed by atoms with Gasteiger partial charge in [-0.1, -0.05) is 0 Å². The number of carbonyl (C=O) groups is 2. The van der Waals surface area contributed by atoms with Gasteiger partial charge >= 0.3 is 0 Å². The molecule has 2 amide bonds. The SMILES string of the molecule is O=C(CNC(=O)c1ccc(F)cc1)NC1CSC1. The first-order chi connectivity index (χ1) is 8.65. The Hall–Kier alpha value is -1.56. The van der Waals surface area contributed by atoms with Gasteiger partial charge in [0.25, 0.3) is 5.91 Å². The standard InChI is InChI=1S/C12H13FN2O2S/c13-9-3-1-8(2-4-9)12(17)14-5-11(16)15-10-6-18-7-10/h1-4,10H,5-7H2,(H,14,17)(H,15,16). The molecule has 0 aliphatic carbocycles. The van der Waals surface area contributed by atoms with E-state index in [2.05, 4.69) is 10.6 Å². The zero-order chi connectivity index (χ0) is 13.0. The monoisotopic (exact) mass is 268 g/mol. The highest BCUT2D eigenvalue weighted by Crippen LogP contribution is 2.16.